The molecule has 0 bridgehead atoms. The van der Waals surface area contributed by atoms with Gasteiger partial charge >= 0.3 is 0 Å². The number of pyridine rings is 1. The minimum absolute atomic E-state index is 0.0180. The first-order valence-electron chi connectivity index (χ1n) is 9.41. The second-order valence-corrected chi connectivity index (χ2v) is 6.76. The number of hydrogen-bond acceptors (Lipinski definition) is 4. The first-order chi connectivity index (χ1) is 15.0. The predicted octanol–water partition coefficient (Wildman–Crippen LogP) is 5.39. The summed E-state index contributed by atoms with van der Waals surface area (Å²) in [4.78, 5) is 16.4. The highest BCUT2D eigenvalue weighted by Crippen LogP contribution is 2.38. The molecule has 1 N–H and O–H groups in total. The summed E-state index contributed by atoms with van der Waals surface area (Å²) in [6.45, 7) is 0. The second-order valence-electron chi connectivity index (χ2n) is 6.76. The Morgan fingerprint density at radius 2 is 1.61 bits per heavy atom. The lowest BCUT2D eigenvalue weighted by molar-refractivity contribution is -0.116. The van der Waals surface area contributed by atoms with Gasteiger partial charge in [0, 0.05) is 24.4 Å². The molecule has 1 amide bonds. The molecule has 0 radical (unpaired) electrons. The summed E-state index contributed by atoms with van der Waals surface area (Å²) in [5.74, 6) is -4.59. The molecule has 0 aliphatic heterocycles. The number of amides is 1. The molecule has 4 aromatic rings. The van der Waals surface area contributed by atoms with Crippen LogP contribution < -0.4 is 5.32 Å². The van der Waals surface area contributed by atoms with Gasteiger partial charge in [-0.3, -0.25) is 15.1 Å². The molecule has 4 rings (SSSR count). The Balaban J connectivity index is 1.66. The molecule has 0 saturated heterocycles. The van der Waals surface area contributed by atoms with Gasteiger partial charge in [0.15, 0.2) is 17.5 Å². The number of carbonyl (C=O) groups excluding carboxylic acids is 1. The number of nitrogens with one attached hydrogen (secondary N) is 1. The van der Waals surface area contributed by atoms with Crippen LogP contribution in [0.4, 0.5) is 19.1 Å². The fourth-order valence-corrected chi connectivity index (χ4v) is 3.14. The van der Waals surface area contributed by atoms with Gasteiger partial charge in [-0.15, -0.1) is 0 Å². The minimum Gasteiger partial charge on any atom is -0.337 e. The second kappa shape index (κ2) is 8.83. The van der Waals surface area contributed by atoms with Gasteiger partial charge in [-0.05, 0) is 41.8 Å². The van der Waals surface area contributed by atoms with Crippen LogP contribution in [0.25, 0.3) is 22.4 Å². The monoisotopic (exact) mass is 423 g/mol. The van der Waals surface area contributed by atoms with Crippen LogP contribution in [0.5, 0.6) is 0 Å². The highest BCUT2D eigenvalue weighted by atomic mass is 19.2. The molecule has 2 aromatic carbocycles. The largest absolute Gasteiger partial charge is 0.337 e. The molecule has 2 heterocycles. The van der Waals surface area contributed by atoms with Gasteiger partial charge in [0.2, 0.25) is 11.8 Å². The third-order valence-electron chi connectivity index (χ3n) is 4.65. The number of benzene rings is 2. The van der Waals surface area contributed by atoms with Gasteiger partial charge < -0.3 is 4.52 Å². The highest BCUT2D eigenvalue weighted by Gasteiger charge is 2.23. The number of aryl methyl sites for hydroxylation is 1. The van der Waals surface area contributed by atoms with E-state index in [2.05, 4.69) is 15.5 Å². The first-order valence-corrected chi connectivity index (χ1v) is 9.41. The van der Waals surface area contributed by atoms with Crippen molar-refractivity contribution in [3.05, 3.63) is 90.0 Å². The third-order valence-corrected chi connectivity index (χ3v) is 4.65. The number of carbonyl (C=O) groups is 1. The van der Waals surface area contributed by atoms with E-state index in [4.69, 9.17) is 4.52 Å². The molecule has 0 aliphatic carbocycles. The summed E-state index contributed by atoms with van der Waals surface area (Å²) in [5, 5.41) is 6.54. The SMILES string of the molecule is O=C(CCc1ccccc1)Nc1onc(-c2cc(F)c(F)c(F)c2)c1-c1ccncc1. The Bertz CT molecular complexity index is 1190. The molecule has 0 spiro atoms. The predicted molar refractivity (Wildman–Crippen MR) is 108 cm³/mol. The van der Waals surface area contributed by atoms with Crippen molar-refractivity contribution >= 4 is 11.8 Å². The van der Waals surface area contributed by atoms with Crippen molar-refractivity contribution in [2.24, 2.45) is 0 Å². The van der Waals surface area contributed by atoms with E-state index in [1.165, 1.54) is 12.4 Å². The van der Waals surface area contributed by atoms with Crippen molar-refractivity contribution < 1.29 is 22.5 Å². The zero-order chi connectivity index (χ0) is 21.8. The van der Waals surface area contributed by atoms with E-state index in [0.717, 1.165) is 17.7 Å². The lowest BCUT2D eigenvalue weighted by Gasteiger charge is -2.07. The summed E-state index contributed by atoms with van der Waals surface area (Å²) in [6.07, 6.45) is 3.74. The molecule has 156 valence electrons. The summed E-state index contributed by atoms with van der Waals surface area (Å²) in [7, 11) is 0. The van der Waals surface area contributed by atoms with Crippen LogP contribution in [0.1, 0.15) is 12.0 Å². The number of rotatable bonds is 6. The topological polar surface area (TPSA) is 68.0 Å². The molecule has 2 aromatic heterocycles. The maximum absolute atomic E-state index is 13.8. The maximum atomic E-state index is 13.8. The van der Waals surface area contributed by atoms with Gasteiger partial charge in [-0.25, -0.2) is 13.2 Å². The van der Waals surface area contributed by atoms with E-state index >= 15 is 0 Å². The summed E-state index contributed by atoms with van der Waals surface area (Å²) in [5.41, 5.74) is 1.89. The first kappa shape index (κ1) is 20.3. The van der Waals surface area contributed by atoms with Gasteiger partial charge in [0.25, 0.3) is 0 Å². The van der Waals surface area contributed by atoms with Gasteiger partial charge in [-0.2, -0.15) is 0 Å². The highest BCUT2D eigenvalue weighted by molar-refractivity contribution is 5.97. The number of halogens is 3. The standard InChI is InChI=1S/C23H16F3N3O2/c24-17-12-16(13-18(25)21(17)26)22-20(15-8-10-27-11-9-15)23(31-29-22)28-19(30)7-6-14-4-2-1-3-5-14/h1-5,8-13H,6-7H2,(H,28,30). The average molecular weight is 423 g/mol. The number of aromatic nitrogens is 2. The van der Waals surface area contributed by atoms with Crippen LogP contribution in [0.3, 0.4) is 0 Å². The molecule has 5 nitrogen and oxygen atoms in total. The quantitative estimate of drug-likeness (QED) is 0.422. The molecule has 0 saturated carbocycles. The van der Waals surface area contributed by atoms with Crippen molar-refractivity contribution in [1.82, 2.24) is 10.1 Å². The Kier molecular flexibility index (Phi) is 5.79. The van der Waals surface area contributed by atoms with Crippen molar-refractivity contribution in [2.45, 2.75) is 12.8 Å². The van der Waals surface area contributed by atoms with Gasteiger partial charge in [-0.1, -0.05) is 35.5 Å². The third kappa shape index (κ3) is 4.48. The molecule has 8 heteroatoms. The Labute approximate surface area is 175 Å². The Hall–Kier alpha value is -3.94. The Morgan fingerprint density at radius 3 is 2.29 bits per heavy atom. The normalized spacial score (nSPS) is 10.8. The zero-order valence-corrected chi connectivity index (χ0v) is 16.1. The van der Waals surface area contributed by atoms with E-state index in [1.807, 2.05) is 30.3 Å². The van der Waals surface area contributed by atoms with Crippen LogP contribution in [0, 0.1) is 17.5 Å². The number of anilines is 1. The smallest absolute Gasteiger partial charge is 0.239 e. The molecule has 0 unspecified atom stereocenters. The lowest BCUT2D eigenvalue weighted by Crippen LogP contribution is -2.12. The number of hydrogen-bond donors (Lipinski definition) is 1. The van der Waals surface area contributed by atoms with Gasteiger partial charge in [0.1, 0.15) is 5.69 Å². The fourth-order valence-electron chi connectivity index (χ4n) is 3.14. The average Bonchev–Trinajstić information content (AvgIpc) is 3.20. The molecular formula is C23H16F3N3O2. The zero-order valence-electron chi connectivity index (χ0n) is 16.1. The minimum atomic E-state index is -1.58. The molecule has 0 fully saturated rings. The molecule has 0 atom stereocenters. The number of nitrogens with zero attached hydrogens (tertiary/aromatic N) is 2. The van der Waals surface area contributed by atoms with E-state index < -0.39 is 17.5 Å². The summed E-state index contributed by atoms with van der Waals surface area (Å²) < 4.78 is 46.3. The van der Waals surface area contributed by atoms with E-state index in [9.17, 15) is 18.0 Å². The van der Waals surface area contributed by atoms with E-state index in [0.29, 0.717) is 17.5 Å². The maximum Gasteiger partial charge on any atom is 0.239 e. The summed E-state index contributed by atoms with van der Waals surface area (Å²) >= 11 is 0. The van der Waals surface area contributed by atoms with Gasteiger partial charge in [0.05, 0.1) is 5.56 Å². The lowest BCUT2D eigenvalue weighted by atomic mass is 10.0. The van der Waals surface area contributed by atoms with Crippen LogP contribution in [-0.4, -0.2) is 16.0 Å². The van der Waals surface area contributed by atoms with Crippen LogP contribution in [0.2, 0.25) is 0 Å². The van der Waals surface area contributed by atoms with Crippen LogP contribution in [-0.2, 0) is 11.2 Å². The van der Waals surface area contributed by atoms with E-state index in [1.54, 1.807) is 12.1 Å². The fraction of sp³-hybridized carbons (Fsp3) is 0.0870. The van der Waals surface area contributed by atoms with Crippen LogP contribution >= 0.6 is 0 Å². The van der Waals surface area contributed by atoms with Crippen molar-refractivity contribution in [3.8, 4) is 22.4 Å². The van der Waals surface area contributed by atoms with Crippen molar-refractivity contribution in [1.29, 1.82) is 0 Å². The molecular weight excluding hydrogens is 407 g/mol. The van der Waals surface area contributed by atoms with Crippen LogP contribution in [0.15, 0.2) is 71.5 Å². The molecule has 31 heavy (non-hydrogen) atoms. The summed E-state index contributed by atoms with van der Waals surface area (Å²) in [6, 6.07) is 14.4. The Morgan fingerprint density at radius 1 is 0.935 bits per heavy atom. The van der Waals surface area contributed by atoms with Crippen molar-refractivity contribution in [3.63, 3.8) is 0 Å². The van der Waals surface area contributed by atoms with Crippen molar-refractivity contribution in [2.75, 3.05) is 5.32 Å². The molecule has 0 aliphatic rings. The van der Waals surface area contributed by atoms with E-state index in [-0.39, 0.29) is 29.5 Å².